The quantitative estimate of drug-likeness (QED) is 0.762. The molecule has 96 valence electrons. The molecule has 1 aliphatic rings. The Morgan fingerprint density at radius 3 is 3.06 bits per heavy atom. The molecule has 2 heterocycles. The molecule has 1 aromatic carbocycles. The highest BCUT2D eigenvalue weighted by Gasteiger charge is 2.30. The number of aromatic amines is 1. The van der Waals surface area contributed by atoms with Gasteiger partial charge in [0.05, 0.1) is 0 Å². The molecule has 4 heteroatoms. The number of rotatable bonds is 2. The number of hydrogen-bond donors (Lipinski definition) is 3. The summed E-state index contributed by atoms with van der Waals surface area (Å²) in [5, 5.41) is 4.47. The average molecular weight is 247 g/mol. The van der Waals surface area contributed by atoms with Crippen molar-refractivity contribution in [1.82, 2.24) is 10.3 Å². The molecular weight excluding hydrogens is 229 g/mol. The molecule has 0 aliphatic carbocycles. The van der Waals surface area contributed by atoms with E-state index in [1.807, 2.05) is 6.92 Å². The van der Waals surface area contributed by atoms with E-state index >= 15 is 0 Å². The fourth-order valence-electron chi connectivity index (χ4n) is 3.07. The van der Waals surface area contributed by atoms with Crippen LogP contribution in [0.4, 0.5) is 4.39 Å². The van der Waals surface area contributed by atoms with Crippen molar-refractivity contribution in [2.45, 2.75) is 19.4 Å². The smallest absolute Gasteiger partial charge is 0.123 e. The molecule has 1 aliphatic heterocycles. The summed E-state index contributed by atoms with van der Waals surface area (Å²) in [6.45, 7) is 3.69. The molecule has 1 aromatic heterocycles. The van der Waals surface area contributed by atoms with Gasteiger partial charge in [0.15, 0.2) is 0 Å². The second-order valence-electron chi connectivity index (χ2n) is 5.07. The van der Waals surface area contributed by atoms with Crippen molar-refractivity contribution in [3.8, 4) is 0 Å². The number of halogens is 1. The van der Waals surface area contributed by atoms with Gasteiger partial charge in [-0.2, -0.15) is 0 Å². The van der Waals surface area contributed by atoms with Crippen LogP contribution in [0.5, 0.6) is 0 Å². The number of nitrogens with two attached hydrogens (primary N) is 1. The highest BCUT2D eigenvalue weighted by atomic mass is 19.1. The molecule has 18 heavy (non-hydrogen) atoms. The lowest BCUT2D eigenvalue weighted by Gasteiger charge is -2.18. The van der Waals surface area contributed by atoms with Crippen LogP contribution in [0.1, 0.15) is 23.7 Å². The van der Waals surface area contributed by atoms with Gasteiger partial charge < -0.3 is 16.0 Å². The number of hydrogen-bond acceptors (Lipinski definition) is 2. The molecule has 2 aromatic rings. The van der Waals surface area contributed by atoms with Crippen molar-refractivity contribution in [3.63, 3.8) is 0 Å². The predicted molar refractivity (Wildman–Crippen MR) is 70.9 cm³/mol. The summed E-state index contributed by atoms with van der Waals surface area (Å²) in [7, 11) is 0. The Hall–Kier alpha value is -1.39. The normalized spacial score (nSPS) is 23.9. The van der Waals surface area contributed by atoms with Crippen molar-refractivity contribution in [2.24, 2.45) is 11.7 Å². The molecular formula is C14H18FN3. The molecule has 4 N–H and O–H groups in total. The van der Waals surface area contributed by atoms with Crippen LogP contribution in [-0.4, -0.2) is 18.1 Å². The van der Waals surface area contributed by atoms with Crippen LogP contribution in [0.25, 0.3) is 10.9 Å². The largest absolute Gasteiger partial charge is 0.358 e. The van der Waals surface area contributed by atoms with E-state index in [0.29, 0.717) is 12.5 Å². The zero-order chi connectivity index (χ0) is 12.7. The van der Waals surface area contributed by atoms with Gasteiger partial charge >= 0.3 is 0 Å². The maximum Gasteiger partial charge on any atom is 0.123 e. The SMILES string of the molecule is Cc1[nH]c2ccc(F)cc2c1C1NCCC1CN. The van der Waals surface area contributed by atoms with Gasteiger partial charge in [-0.15, -0.1) is 0 Å². The molecule has 1 fully saturated rings. The monoisotopic (exact) mass is 247 g/mol. The lowest BCUT2D eigenvalue weighted by molar-refractivity contribution is 0.473. The lowest BCUT2D eigenvalue weighted by Crippen LogP contribution is -2.23. The summed E-state index contributed by atoms with van der Waals surface area (Å²) < 4.78 is 13.4. The topological polar surface area (TPSA) is 53.8 Å². The van der Waals surface area contributed by atoms with Crippen LogP contribution < -0.4 is 11.1 Å². The Labute approximate surface area is 106 Å². The van der Waals surface area contributed by atoms with Crippen LogP contribution in [0, 0.1) is 18.7 Å². The van der Waals surface area contributed by atoms with Crippen LogP contribution in [0.2, 0.25) is 0 Å². The fraction of sp³-hybridized carbons (Fsp3) is 0.429. The number of nitrogens with one attached hydrogen (secondary N) is 2. The summed E-state index contributed by atoms with van der Waals surface area (Å²) in [5.41, 5.74) is 9.11. The van der Waals surface area contributed by atoms with Gasteiger partial charge in [0, 0.05) is 22.6 Å². The van der Waals surface area contributed by atoms with E-state index in [1.165, 1.54) is 11.6 Å². The number of fused-ring (bicyclic) bond motifs is 1. The van der Waals surface area contributed by atoms with E-state index in [2.05, 4.69) is 10.3 Å². The summed E-state index contributed by atoms with van der Waals surface area (Å²) in [6, 6.07) is 5.14. The molecule has 0 saturated carbocycles. The Kier molecular flexibility index (Phi) is 2.84. The number of H-pyrrole nitrogens is 1. The van der Waals surface area contributed by atoms with E-state index in [9.17, 15) is 4.39 Å². The third kappa shape index (κ3) is 1.72. The van der Waals surface area contributed by atoms with Gasteiger partial charge in [0.1, 0.15) is 5.82 Å². The lowest BCUT2D eigenvalue weighted by atomic mass is 9.92. The first kappa shape index (κ1) is 11.7. The Morgan fingerprint density at radius 1 is 1.44 bits per heavy atom. The molecule has 3 nitrogen and oxygen atoms in total. The minimum Gasteiger partial charge on any atom is -0.358 e. The minimum absolute atomic E-state index is 0.190. The van der Waals surface area contributed by atoms with E-state index in [-0.39, 0.29) is 11.9 Å². The van der Waals surface area contributed by atoms with Crippen molar-refractivity contribution in [2.75, 3.05) is 13.1 Å². The minimum atomic E-state index is -0.190. The molecule has 0 radical (unpaired) electrons. The van der Waals surface area contributed by atoms with Gasteiger partial charge in [-0.05, 0) is 56.1 Å². The Balaban J connectivity index is 2.15. The summed E-state index contributed by atoms with van der Waals surface area (Å²) in [6.07, 6.45) is 1.09. The van der Waals surface area contributed by atoms with E-state index in [4.69, 9.17) is 5.73 Å². The van der Waals surface area contributed by atoms with Gasteiger partial charge in [-0.3, -0.25) is 0 Å². The number of aromatic nitrogens is 1. The fourth-order valence-corrected chi connectivity index (χ4v) is 3.07. The Bertz CT molecular complexity index is 576. The number of benzene rings is 1. The third-order valence-corrected chi connectivity index (χ3v) is 3.96. The number of aryl methyl sites for hydroxylation is 1. The van der Waals surface area contributed by atoms with Crippen LogP contribution in [0.3, 0.4) is 0 Å². The van der Waals surface area contributed by atoms with Crippen molar-refractivity contribution in [3.05, 3.63) is 35.3 Å². The maximum atomic E-state index is 13.4. The van der Waals surface area contributed by atoms with E-state index in [0.717, 1.165) is 29.6 Å². The van der Waals surface area contributed by atoms with Gasteiger partial charge in [0.25, 0.3) is 0 Å². The summed E-state index contributed by atoms with van der Waals surface area (Å²) >= 11 is 0. The summed E-state index contributed by atoms with van der Waals surface area (Å²) in [5.74, 6) is 0.246. The second-order valence-corrected chi connectivity index (χ2v) is 5.07. The molecule has 2 atom stereocenters. The van der Waals surface area contributed by atoms with Crippen molar-refractivity contribution < 1.29 is 4.39 Å². The molecule has 3 rings (SSSR count). The zero-order valence-corrected chi connectivity index (χ0v) is 10.5. The van der Waals surface area contributed by atoms with Gasteiger partial charge in [0.2, 0.25) is 0 Å². The molecule has 0 bridgehead atoms. The van der Waals surface area contributed by atoms with Crippen molar-refractivity contribution in [1.29, 1.82) is 0 Å². The highest BCUT2D eigenvalue weighted by molar-refractivity contribution is 5.85. The Morgan fingerprint density at radius 2 is 2.28 bits per heavy atom. The molecule has 2 unspecified atom stereocenters. The predicted octanol–water partition coefficient (Wildman–Crippen LogP) is 2.22. The van der Waals surface area contributed by atoms with E-state index < -0.39 is 0 Å². The first-order chi connectivity index (χ1) is 8.70. The maximum absolute atomic E-state index is 13.4. The second kappa shape index (κ2) is 4.37. The summed E-state index contributed by atoms with van der Waals surface area (Å²) in [4.78, 5) is 3.33. The first-order valence-corrected chi connectivity index (χ1v) is 6.42. The standard InChI is InChI=1S/C14H18FN3/c1-8-13(14-9(7-16)4-5-17-14)11-6-10(15)2-3-12(11)18-8/h2-3,6,9,14,17-18H,4-5,7,16H2,1H3. The zero-order valence-electron chi connectivity index (χ0n) is 10.5. The van der Waals surface area contributed by atoms with Crippen LogP contribution in [0.15, 0.2) is 18.2 Å². The third-order valence-electron chi connectivity index (χ3n) is 3.96. The van der Waals surface area contributed by atoms with E-state index in [1.54, 1.807) is 12.1 Å². The van der Waals surface area contributed by atoms with Crippen LogP contribution >= 0.6 is 0 Å². The first-order valence-electron chi connectivity index (χ1n) is 6.42. The van der Waals surface area contributed by atoms with Gasteiger partial charge in [-0.25, -0.2) is 4.39 Å². The molecule has 0 amide bonds. The van der Waals surface area contributed by atoms with Crippen molar-refractivity contribution >= 4 is 10.9 Å². The highest BCUT2D eigenvalue weighted by Crippen LogP contribution is 2.36. The molecule has 1 saturated heterocycles. The van der Waals surface area contributed by atoms with Gasteiger partial charge in [-0.1, -0.05) is 0 Å². The molecule has 0 spiro atoms. The van der Waals surface area contributed by atoms with Crippen LogP contribution in [-0.2, 0) is 0 Å². The average Bonchev–Trinajstić information content (AvgIpc) is 2.91.